The maximum absolute atomic E-state index is 8.79. The molecule has 0 fully saturated rings. The quantitative estimate of drug-likeness (QED) is 0.523. The van der Waals surface area contributed by atoms with Crippen molar-refractivity contribution in [3.8, 4) is 6.07 Å². The molecule has 1 aromatic carbocycles. The summed E-state index contributed by atoms with van der Waals surface area (Å²) in [6, 6.07) is 6.82. The van der Waals surface area contributed by atoms with Crippen LogP contribution in [-0.2, 0) is 0 Å². The molecular weight excluding hydrogens is 162 g/mol. The molecule has 0 aromatic heterocycles. The van der Waals surface area contributed by atoms with Crippen LogP contribution in [-0.4, -0.2) is 0 Å². The largest absolute Gasteiger partial charge is 0.399 e. The monoisotopic (exact) mass is 173 g/mol. The minimum atomic E-state index is -0.310. The van der Waals surface area contributed by atoms with Crippen molar-refractivity contribution in [1.29, 1.82) is 5.26 Å². The van der Waals surface area contributed by atoms with Crippen molar-refractivity contribution in [2.24, 2.45) is 5.73 Å². The Kier molecular flexibility index (Phi) is 2.68. The van der Waals surface area contributed by atoms with Crippen LogP contribution >= 0.6 is 0 Å². The summed E-state index contributed by atoms with van der Waals surface area (Å²) < 4.78 is 0. The molecule has 0 aliphatic heterocycles. The summed E-state index contributed by atoms with van der Waals surface area (Å²) >= 11 is 0. The molecule has 66 valence electrons. The molecule has 0 bridgehead atoms. The summed E-state index contributed by atoms with van der Waals surface area (Å²) in [5, 5.41) is 8.79. The predicted octanol–water partition coefficient (Wildman–Crippen LogP) is 1.33. The van der Waals surface area contributed by atoms with Crippen molar-refractivity contribution >= 4 is 5.69 Å². The Bertz CT molecular complexity index is 363. The average molecular weight is 173 g/mol. The summed E-state index contributed by atoms with van der Waals surface area (Å²) in [5.74, 6) is 0. The molecule has 3 heteroatoms. The summed E-state index contributed by atoms with van der Waals surface area (Å²) in [5.41, 5.74) is 13.1. The van der Waals surface area contributed by atoms with E-state index in [1.165, 1.54) is 0 Å². The van der Waals surface area contributed by atoms with E-state index in [0.717, 1.165) is 5.56 Å². The molecule has 1 atom stereocenters. The predicted molar refractivity (Wildman–Crippen MR) is 52.7 cm³/mol. The van der Waals surface area contributed by atoms with Crippen molar-refractivity contribution in [1.82, 2.24) is 0 Å². The highest BCUT2D eigenvalue weighted by molar-refractivity contribution is 5.51. The van der Waals surface area contributed by atoms with Crippen LogP contribution < -0.4 is 11.5 Å². The minimum absolute atomic E-state index is 0.310. The van der Waals surface area contributed by atoms with E-state index in [2.05, 4.69) is 6.58 Å². The lowest BCUT2D eigenvalue weighted by atomic mass is 10.0. The fraction of sp³-hybridized carbons (Fsp3) is 0.100. The van der Waals surface area contributed by atoms with Crippen molar-refractivity contribution in [2.75, 3.05) is 5.73 Å². The van der Waals surface area contributed by atoms with Gasteiger partial charge in [0.1, 0.15) is 0 Å². The van der Waals surface area contributed by atoms with Gasteiger partial charge in [0.05, 0.1) is 11.6 Å². The van der Waals surface area contributed by atoms with Gasteiger partial charge >= 0.3 is 0 Å². The van der Waals surface area contributed by atoms with Gasteiger partial charge in [0.25, 0.3) is 0 Å². The van der Waals surface area contributed by atoms with Gasteiger partial charge in [-0.25, -0.2) is 0 Å². The first-order valence-electron chi connectivity index (χ1n) is 3.86. The van der Waals surface area contributed by atoms with Crippen molar-refractivity contribution in [3.05, 3.63) is 42.0 Å². The lowest BCUT2D eigenvalue weighted by Crippen LogP contribution is -2.08. The number of anilines is 1. The van der Waals surface area contributed by atoms with Crippen LogP contribution in [0.15, 0.2) is 30.9 Å². The average Bonchev–Trinajstić information content (AvgIpc) is 2.16. The molecule has 0 radical (unpaired) electrons. The number of rotatable bonds is 2. The maximum atomic E-state index is 8.79. The smallest absolute Gasteiger partial charge is 0.0996 e. The summed E-state index contributed by atoms with van der Waals surface area (Å²) in [6.45, 7) is 3.57. The van der Waals surface area contributed by atoms with Gasteiger partial charge in [0.2, 0.25) is 0 Å². The standard InChI is InChI=1S/C10H11N3/c1-2-10(13)9-4-3-8(12)5-7(9)6-11/h2-5,10H,1,12-13H2/t10-/m0/s1. The molecule has 1 aromatic rings. The number of nitrogens with zero attached hydrogens (tertiary/aromatic N) is 1. The molecule has 0 aliphatic rings. The highest BCUT2D eigenvalue weighted by Crippen LogP contribution is 2.18. The molecule has 0 heterocycles. The molecule has 13 heavy (non-hydrogen) atoms. The van der Waals surface area contributed by atoms with Gasteiger partial charge in [-0.1, -0.05) is 12.1 Å². The zero-order valence-electron chi connectivity index (χ0n) is 7.20. The van der Waals surface area contributed by atoms with Crippen LogP contribution in [0.5, 0.6) is 0 Å². The number of nitrogens with two attached hydrogens (primary N) is 2. The fourth-order valence-corrected chi connectivity index (χ4v) is 1.09. The molecule has 1 rings (SSSR count). The van der Waals surface area contributed by atoms with Gasteiger partial charge in [-0.05, 0) is 17.7 Å². The van der Waals surface area contributed by atoms with Crippen LogP contribution in [0.4, 0.5) is 5.69 Å². The van der Waals surface area contributed by atoms with E-state index < -0.39 is 0 Å². The first-order valence-corrected chi connectivity index (χ1v) is 3.86. The van der Waals surface area contributed by atoms with E-state index in [1.54, 1.807) is 24.3 Å². The number of nitrogen functional groups attached to an aromatic ring is 1. The molecule has 0 spiro atoms. The number of hydrogen-bond donors (Lipinski definition) is 2. The van der Waals surface area contributed by atoms with Crippen molar-refractivity contribution in [2.45, 2.75) is 6.04 Å². The fourth-order valence-electron chi connectivity index (χ4n) is 1.09. The molecule has 0 saturated carbocycles. The normalized spacial score (nSPS) is 11.7. The Balaban J connectivity index is 3.22. The lowest BCUT2D eigenvalue weighted by Gasteiger charge is -2.08. The molecule has 0 unspecified atom stereocenters. The van der Waals surface area contributed by atoms with E-state index in [1.807, 2.05) is 6.07 Å². The number of nitriles is 1. The van der Waals surface area contributed by atoms with Crippen LogP contribution in [0.3, 0.4) is 0 Å². The third kappa shape index (κ3) is 1.86. The first-order chi connectivity index (χ1) is 6.19. The lowest BCUT2D eigenvalue weighted by molar-refractivity contribution is 0.910. The van der Waals surface area contributed by atoms with Gasteiger partial charge < -0.3 is 11.5 Å². The third-order valence-corrected chi connectivity index (χ3v) is 1.81. The van der Waals surface area contributed by atoms with Gasteiger partial charge in [0.15, 0.2) is 0 Å². The van der Waals surface area contributed by atoms with Gasteiger partial charge in [0, 0.05) is 11.7 Å². The third-order valence-electron chi connectivity index (χ3n) is 1.81. The topological polar surface area (TPSA) is 75.8 Å². The van der Waals surface area contributed by atoms with E-state index in [4.69, 9.17) is 16.7 Å². The highest BCUT2D eigenvalue weighted by Gasteiger charge is 2.07. The maximum Gasteiger partial charge on any atom is 0.0996 e. The van der Waals surface area contributed by atoms with Gasteiger partial charge in [-0.15, -0.1) is 6.58 Å². The van der Waals surface area contributed by atoms with Crippen molar-refractivity contribution in [3.63, 3.8) is 0 Å². The zero-order valence-corrected chi connectivity index (χ0v) is 7.20. The minimum Gasteiger partial charge on any atom is -0.399 e. The summed E-state index contributed by atoms with van der Waals surface area (Å²) in [7, 11) is 0. The number of benzene rings is 1. The molecule has 3 nitrogen and oxygen atoms in total. The van der Waals surface area contributed by atoms with Crippen LogP contribution in [0.2, 0.25) is 0 Å². The summed E-state index contributed by atoms with van der Waals surface area (Å²) in [4.78, 5) is 0. The Hall–Kier alpha value is -1.79. The second-order valence-electron chi connectivity index (χ2n) is 2.72. The van der Waals surface area contributed by atoms with Crippen LogP contribution in [0.1, 0.15) is 17.2 Å². The van der Waals surface area contributed by atoms with E-state index >= 15 is 0 Å². The zero-order chi connectivity index (χ0) is 9.84. The molecule has 4 N–H and O–H groups in total. The molecular formula is C10H11N3. The van der Waals surface area contributed by atoms with Gasteiger partial charge in [-0.3, -0.25) is 0 Å². The van der Waals surface area contributed by atoms with Crippen LogP contribution in [0.25, 0.3) is 0 Å². The van der Waals surface area contributed by atoms with E-state index in [0.29, 0.717) is 11.3 Å². The molecule has 0 aliphatic carbocycles. The Morgan fingerprint density at radius 1 is 1.54 bits per heavy atom. The Morgan fingerprint density at radius 3 is 2.77 bits per heavy atom. The second-order valence-corrected chi connectivity index (χ2v) is 2.72. The number of hydrogen-bond acceptors (Lipinski definition) is 3. The molecule has 0 amide bonds. The Labute approximate surface area is 77.3 Å². The molecule has 0 saturated heterocycles. The van der Waals surface area contributed by atoms with E-state index in [9.17, 15) is 0 Å². The second kappa shape index (κ2) is 3.74. The first kappa shape index (κ1) is 9.30. The summed E-state index contributed by atoms with van der Waals surface area (Å²) in [6.07, 6.45) is 1.59. The highest BCUT2D eigenvalue weighted by atomic mass is 14.6. The van der Waals surface area contributed by atoms with Crippen LogP contribution in [0, 0.1) is 11.3 Å². The van der Waals surface area contributed by atoms with Crippen molar-refractivity contribution < 1.29 is 0 Å². The Morgan fingerprint density at radius 2 is 2.23 bits per heavy atom. The van der Waals surface area contributed by atoms with E-state index in [-0.39, 0.29) is 6.04 Å². The SMILES string of the molecule is C=C[C@H](N)c1ccc(N)cc1C#N. The van der Waals surface area contributed by atoms with Gasteiger partial charge in [-0.2, -0.15) is 5.26 Å².